The van der Waals surface area contributed by atoms with Gasteiger partial charge >= 0.3 is 0 Å². The lowest BCUT2D eigenvalue weighted by atomic mass is 10.1. The molecular formula is C14H14ClNO2. The van der Waals surface area contributed by atoms with Gasteiger partial charge in [0.25, 0.3) is 0 Å². The Morgan fingerprint density at radius 1 is 1.33 bits per heavy atom. The maximum Gasteiger partial charge on any atom is 0.162 e. The SMILES string of the molecule is CCCC(C#N)=C(Cl)c1ccc2c(c1)OCCO2. The number of benzene rings is 1. The first-order chi connectivity index (χ1) is 8.76. The predicted octanol–water partition coefficient (Wildman–Crippen LogP) is 3.73. The zero-order valence-electron chi connectivity index (χ0n) is 10.2. The second-order valence-corrected chi connectivity index (χ2v) is 4.39. The van der Waals surface area contributed by atoms with E-state index in [2.05, 4.69) is 6.07 Å². The van der Waals surface area contributed by atoms with E-state index in [1.807, 2.05) is 25.1 Å². The van der Waals surface area contributed by atoms with E-state index in [1.54, 1.807) is 0 Å². The van der Waals surface area contributed by atoms with Crippen LogP contribution in [0.5, 0.6) is 11.5 Å². The van der Waals surface area contributed by atoms with Gasteiger partial charge in [0, 0.05) is 5.57 Å². The largest absolute Gasteiger partial charge is 0.486 e. The highest BCUT2D eigenvalue weighted by atomic mass is 35.5. The minimum absolute atomic E-state index is 0.497. The molecule has 0 spiro atoms. The van der Waals surface area contributed by atoms with Gasteiger partial charge in [-0.2, -0.15) is 5.26 Å². The topological polar surface area (TPSA) is 42.2 Å². The average Bonchev–Trinajstić information content (AvgIpc) is 2.43. The molecule has 1 aliphatic heterocycles. The molecule has 0 amide bonds. The summed E-state index contributed by atoms with van der Waals surface area (Å²) in [6, 6.07) is 7.66. The number of hydrogen-bond donors (Lipinski definition) is 0. The van der Waals surface area contributed by atoms with Crippen LogP contribution in [0.3, 0.4) is 0 Å². The minimum Gasteiger partial charge on any atom is -0.486 e. The Bertz CT molecular complexity index is 517. The standard InChI is InChI=1S/C14H14ClNO2/c1-2-3-11(9-16)14(15)10-4-5-12-13(8-10)18-7-6-17-12/h4-5,8H,2-3,6-7H2,1H3. The van der Waals surface area contributed by atoms with Crippen LogP contribution in [0, 0.1) is 11.3 Å². The van der Waals surface area contributed by atoms with E-state index < -0.39 is 0 Å². The molecule has 18 heavy (non-hydrogen) atoms. The Morgan fingerprint density at radius 3 is 2.72 bits per heavy atom. The molecule has 0 bridgehead atoms. The molecule has 0 N–H and O–H groups in total. The molecule has 1 aromatic carbocycles. The third kappa shape index (κ3) is 2.60. The van der Waals surface area contributed by atoms with Gasteiger partial charge in [-0.3, -0.25) is 0 Å². The van der Waals surface area contributed by atoms with Crippen molar-refractivity contribution in [3.8, 4) is 17.6 Å². The van der Waals surface area contributed by atoms with E-state index in [-0.39, 0.29) is 0 Å². The number of halogens is 1. The van der Waals surface area contributed by atoms with Crippen LogP contribution in [-0.2, 0) is 0 Å². The number of rotatable bonds is 3. The van der Waals surface area contributed by atoms with Gasteiger partial charge in [-0.25, -0.2) is 0 Å². The number of nitriles is 1. The van der Waals surface area contributed by atoms with Crippen molar-refractivity contribution in [1.29, 1.82) is 5.26 Å². The molecule has 1 aliphatic rings. The average molecular weight is 264 g/mol. The quantitative estimate of drug-likeness (QED) is 0.781. The van der Waals surface area contributed by atoms with Gasteiger partial charge in [-0.15, -0.1) is 0 Å². The smallest absolute Gasteiger partial charge is 0.162 e. The number of hydrogen-bond acceptors (Lipinski definition) is 3. The summed E-state index contributed by atoms with van der Waals surface area (Å²) < 4.78 is 10.9. The highest BCUT2D eigenvalue weighted by Crippen LogP contribution is 2.35. The van der Waals surface area contributed by atoms with Gasteiger partial charge in [0.2, 0.25) is 0 Å². The molecule has 0 saturated heterocycles. The molecule has 94 valence electrons. The first-order valence-corrected chi connectivity index (χ1v) is 6.32. The van der Waals surface area contributed by atoms with E-state index in [9.17, 15) is 0 Å². The fourth-order valence-corrected chi connectivity index (χ4v) is 2.07. The van der Waals surface area contributed by atoms with Gasteiger partial charge in [0.15, 0.2) is 11.5 Å². The molecule has 0 saturated carbocycles. The van der Waals surface area contributed by atoms with Gasteiger partial charge in [-0.1, -0.05) is 24.9 Å². The van der Waals surface area contributed by atoms with Crippen molar-refractivity contribution in [2.45, 2.75) is 19.8 Å². The molecule has 1 aromatic rings. The van der Waals surface area contributed by atoms with Crippen molar-refractivity contribution >= 4 is 16.6 Å². The van der Waals surface area contributed by atoms with Crippen molar-refractivity contribution < 1.29 is 9.47 Å². The summed E-state index contributed by atoms with van der Waals surface area (Å²) >= 11 is 6.25. The molecule has 4 heteroatoms. The van der Waals surface area contributed by atoms with Crippen LogP contribution in [0.2, 0.25) is 0 Å². The van der Waals surface area contributed by atoms with Crippen molar-refractivity contribution in [3.05, 3.63) is 29.3 Å². The summed E-state index contributed by atoms with van der Waals surface area (Å²) in [5.74, 6) is 1.41. The van der Waals surface area contributed by atoms with Crippen LogP contribution in [0.1, 0.15) is 25.3 Å². The minimum atomic E-state index is 0.497. The van der Waals surface area contributed by atoms with Crippen LogP contribution < -0.4 is 9.47 Å². The lowest BCUT2D eigenvalue weighted by Crippen LogP contribution is -2.15. The van der Waals surface area contributed by atoms with Gasteiger partial charge in [-0.05, 0) is 30.2 Å². The Morgan fingerprint density at radius 2 is 2.06 bits per heavy atom. The van der Waals surface area contributed by atoms with Crippen molar-refractivity contribution in [2.24, 2.45) is 0 Å². The first-order valence-electron chi connectivity index (χ1n) is 5.95. The van der Waals surface area contributed by atoms with Crippen LogP contribution in [0.25, 0.3) is 5.03 Å². The first kappa shape index (κ1) is 12.8. The molecule has 0 fully saturated rings. The molecular weight excluding hydrogens is 250 g/mol. The molecule has 0 aromatic heterocycles. The highest BCUT2D eigenvalue weighted by Gasteiger charge is 2.14. The van der Waals surface area contributed by atoms with Crippen molar-refractivity contribution in [2.75, 3.05) is 13.2 Å². The monoisotopic (exact) mass is 263 g/mol. The van der Waals surface area contributed by atoms with E-state index >= 15 is 0 Å². The van der Waals surface area contributed by atoms with Crippen molar-refractivity contribution in [3.63, 3.8) is 0 Å². The van der Waals surface area contributed by atoms with Crippen LogP contribution in [0.15, 0.2) is 23.8 Å². The number of allylic oxidation sites excluding steroid dienone is 1. The predicted molar refractivity (Wildman–Crippen MR) is 70.7 cm³/mol. The Kier molecular flexibility index (Phi) is 4.11. The lowest BCUT2D eigenvalue weighted by molar-refractivity contribution is 0.171. The number of ether oxygens (including phenoxy) is 2. The maximum atomic E-state index is 9.08. The zero-order valence-corrected chi connectivity index (χ0v) is 11.0. The number of fused-ring (bicyclic) bond motifs is 1. The summed E-state index contributed by atoms with van der Waals surface area (Å²) in [5, 5.41) is 9.58. The second kappa shape index (κ2) is 5.79. The fraction of sp³-hybridized carbons (Fsp3) is 0.357. The van der Waals surface area contributed by atoms with E-state index in [1.165, 1.54) is 0 Å². The maximum absolute atomic E-state index is 9.08. The third-order valence-electron chi connectivity index (χ3n) is 2.70. The Hall–Kier alpha value is -1.66. The van der Waals surface area contributed by atoms with Gasteiger partial charge in [0.1, 0.15) is 13.2 Å². The molecule has 1 heterocycles. The Labute approximate surface area is 112 Å². The summed E-state index contributed by atoms with van der Waals surface area (Å²) in [4.78, 5) is 0. The molecule has 0 radical (unpaired) electrons. The molecule has 0 atom stereocenters. The van der Waals surface area contributed by atoms with Crippen LogP contribution in [-0.4, -0.2) is 13.2 Å². The van der Waals surface area contributed by atoms with Crippen molar-refractivity contribution in [1.82, 2.24) is 0 Å². The highest BCUT2D eigenvalue weighted by molar-refractivity contribution is 6.49. The summed E-state index contributed by atoms with van der Waals surface area (Å²) in [6.45, 7) is 3.12. The van der Waals surface area contributed by atoms with Crippen LogP contribution >= 0.6 is 11.6 Å². The van der Waals surface area contributed by atoms with Gasteiger partial charge < -0.3 is 9.47 Å². The normalized spacial score (nSPS) is 14.7. The van der Waals surface area contributed by atoms with Gasteiger partial charge in [0.05, 0.1) is 11.1 Å². The second-order valence-electron chi connectivity index (χ2n) is 4.01. The summed E-state index contributed by atoms with van der Waals surface area (Å²) in [6.07, 6.45) is 1.58. The summed E-state index contributed by atoms with van der Waals surface area (Å²) in [5.41, 5.74) is 1.40. The van der Waals surface area contributed by atoms with Crippen LogP contribution in [0.4, 0.5) is 0 Å². The van der Waals surface area contributed by atoms with E-state index in [0.717, 1.165) is 17.7 Å². The van der Waals surface area contributed by atoms with E-state index in [4.69, 9.17) is 26.3 Å². The Balaban J connectivity index is 2.36. The summed E-state index contributed by atoms with van der Waals surface area (Å²) in [7, 11) is 0. The fourth-order valence-electron chi connectivity index (χ4n) is 1.82. The molecule has 3 nitrogen and oxygen atoms in total. The lowest BCUT2D eigenvalue weighted by Gasteiger charge is -2.18. The van der Waals surface area contributed by atoms with E-state index in [0.29, 0.717) is 36.0 Å². The molecule has 2 rings (SSSR count). The zero-order chi connectivity index (χ0) is 13.0. The number of nitrogens with zero attached hydrogens (tertiary/aromatic N) is 1. The third-order valence-corrected chi connectivity index (χ3v) is 3.14. The molecule has 0 unspecified atom stereocenters. The molecule has 0 aliphatic carbocycles.